The topological polar surface area (TPSA) is 70.7 Å². The first-order valence-corrected chi connectivity index (χ1v) is 7.50. The second-order valence-corrected chi connectivity index (χ2v) is 5.59. The number of carbonyl (C=O) groups excluding carboxylic acids is 2. The third-order valence-electron chi connectivity index (χ3n) is 3.50. The molecular formula is C16H24ClN3O3. The molecule has 1 fully saturated rings. The number of nitrogens with one attached hydrogen (secondary N) is 2. The van der Waals surface area contributed by atoms with Crippen LogP contribution in [0.5, 0.6) is 0 Å². The fourth-order valence-electron chi connectivity index (χ4n) is 2.31. The average Bonchev–Trinajstić information content (AvgIpc) is 3.00. The Balaban J connectivity index is 0.00000264. The molecule has 2 N–H and O–H groups in total. The van der Waals surface area contributed by atoms with Crippen LogP contribution < -0.4 is 10.6 Å². The Morgan fingerprint density at radius 1 is 1.26 bits per heavy atom. The Labute approximate surface area is 143 Å². The van der Waals surface area contributed by atoms with Crippen LogP contribution in [0.1, 0.15) is 23.2 Å². The van der Waals surface area contributed by atoms with Gasteiger partial charge in [0.05, 0.1) is 12.6 Å². The van der Waals surface area contributed by atoms with E-state index in [2.05, 4.69) is 10.6 Å². The molecule has 1 heterocycles. The third-order valence-corrected chi connectivity index (χ3v) is 3.50. The number of amides is 2. The number of anilines is 1. The van der Waals surface area contributed by atoms with Gasteiger partial charge in [-0.05, 0) is 37.1 Å². The standard InChI is InChI=1S/C16H23N3O3.ClH/c1-19(2)16(21)12-5-7-13(8-6-12)18-15(20)11-17-10-14-4-3-9-22-14;/h5-8,14,17H,3-4,9-11H2,1-2H3,(H,18,20);1H. The molecule has 1 atom stereocenters. The van der Waals surface area contributed by atoms with Crippen molar-refractivity contribution >= 4 is 29.9 Å². The van der Waals surface area contributed by atoms with Crippen LogP contribution in [0, 0.1) is 0 Å². The lowest BCUT2D eigenvalue weighted by atomic mass is 10.2. The third kappa shape index (κ3) is 6.17. The van der Waals surface area contributed by atoms with E-state index in [-0.39, 0.29) is 36.9 Å². The maximum Gasteiger partial charge on any atom is 0.253 e. The molecule has 1 saturated heterocycles. The van der Waals surface area contributed by atoms with Gasteiger partial charge in [0.2, 0.25) is 5.91 Å². The molecule has 2 amide bonds. The van der Waals surface area contributed by atoms with Crippen LogP contribution in [-0.4, -0.2) is 56.6 Å². The van der Waals surface area contributed by atoms with Crippen LogP contribution in [0.25, 0.3) is 0 Å². The Hall–Kier alpha value is -1.63. The average molecular weight is 342 g/mol. The van der Waals surface area contributed by atoms with Crippen LogP contribution in [-0.2, 0) is 9.53 Å². The van der Waals surface area contributed by atoms with E-state index in [0.29, 0.717) is 17.8 Å². The van der Waals surface area contributed by atoms with Gasteiger partial charge in [-0.2, -0.15) is 0 Å². The van der Waals surface area contributed by atoms with Gasteiger partial charge < -0.3 is 20.3 Å². The van der Waals surface area contributed by atoms with Crippen LogP contribution in [0.2, 0.25) is 0 Å². The van der Waals surface area contributed by atoms with E-state index >= 15 is 0 Å². The molecule has 23 heavy (non-hydrogen) atoms. The molecule has 0 spiro atoms. The largest absolute Gasteiger partial charge is 0.377 e. The van der Waals surface area contributed by atoms with E-state index in [4.69, 9.17) is 4.74 Å². The van der Waals surface area contributed by atoms with Gasteiger partial charge in [0.25, 0.3) is 5.91 Å². The highest BCUT2D eigenvalue weighted by atomic mass is 35.5. The molecule has 0 radical (unpaired) electrons. The van der Waals surface area contributed by atoms with E-state index in [0.717, 1.165) is 19.4 Å². The smallest absolute Gasteiger partial charge is 0.253 e. The van der Waals surface area contributed by atoms with Gasteiger partial charge >= 0.3 is 0 Å². The van der Waals surface area contributed by atoms with E-state index in [1.165, 1.54) is 4.90 Å². The summed E-state index contributed by atoms with van der Waals surface area (Å²) in [5.41, 5.74) is 1.28. The van der Waals surface area contributed by atoms with Crippen molar-refractivity contribution in [3.63, 3.8) is 0 Å². The molecule has 1 aromatic carbocycles. The normalized spacial score (nSPS) is 16.5. The second kappa shape index (κ2) is 9.50. The molecule has 2 rings (SSSR count). The Morgan fingerprint density at radius 2 is 1.96 bits per heavy atom. The SMILES string of the molecule is CN(C)C(=O)c1ccc(NC(=O)CNCC2CCCO2)cc1.Cl. The predicted octanol–water partition coefficient (Wildman–Crippen LogP) is 1.52. The van der Waals surface area contributed by atoms with Gasteiger partial charge in [-0.1, -0.05) is 0 Å². The van der Waals surface area contributed by atoms with E-state index in [1.807, 2.05) is 0 Å². The molecule has 0 aromatic heterocycles. The first kappa shape index (κ1) is 19.4. The molecule has 1 aliphatic rings. The summed E-state index contributed by atoms with van der Waals surface area (Å²) < 4.78 is 5.48. The summed E-state index contributed by atoms with van der Waals surface area (Å²) in [7, 11) is 3.41. The number of carbonyl (C=O) groups is 2. The number of hydrogen-bond donors (Lipinski definition) is 2. The minimum absolute atomic E-state index is 0. The first-order valence-electron chi connectivity index (χ1n) is 7.50. The lowest BCUT2D eigenvalue weighted by Crippen LogP contribution is -2.33. The maximum absolute atomic E-state index is 11.8. The number of hydrogen-bond acceptors (Lipinski definition) is 4. The minimum Gasteiger partial charge on any atom is -0.377 e. The summed E-state index contributed by atoms with van der Waals surface area (Å²) in [6.07, 6.45) is 2.37. The van der Waals surface area contributed by atoms with Gasteiger partial charge in [0.1, 0.15) is 0 Å². The van der Waals surface area contributed by atoms with Crippen molar-refractivity contribution in [3.05, 3.63) is 29.8 Å². The molecule has 1 aliphatic heterocycles. The number of benzene rings is 1. The van der Waals surface area contributed by atoms with E-state index in [9.17, 15) is 9.59 Å². The fraction of sp³-hybridized carbons (Fsp3) is 0.500. The zero-order valence-electron chi connectivity index (χ0n) is 13.5. The van der Waals surface area contributed by atoms with Gasteiger partial charge in [-0.15, -0.1) is 12.4 Å². The maximum atomic E-state index is 11.8. The highest BCUT2D eigenvalue weighted by Crippen LogP contribution is 2.11. The van der Waals surface area contributed by atoms with Crippen molar-refractivity contribution in [1.82, 2.24) is 10.2 Å². The summed E-state index contributed by atoms with van der Waals surface area (Å²) in [5, 5.41) is 5.89. The highest BCUT2D eigenvalue weighted by molar-refractivity contribution is 5.95. The summed E-state index contributed by atoms with van der Waals surface area (Å²) in [6.45, 7) is 1.76. The number of ether oxygens (including phenoxy) is 1. The predicted molar refractivity (Wildman–Crippen MR) is 92.2 cm³/mol. The molecule has 1 unspecified atom stereocenters. The quantitative estimate of drug-likeness (QED) is 0.823. The zero-order chi connectivity index (χ0) is 15.9. The van der Waals surface area contributed by atoms with Crippen molar-refractivity contribution in [2.75, 3.05) is 39.1 Å². The van der Waals surface area contributed by atoms with Crippen LogP contribution in [0.15, 0.2) is 24.3 Å². The van der Waals surface area contributed by atoms with Crippen molar-refractivity contribution < 1.29 is 14.3 Å². The molecule has 6 nitrogen and oxygen atoms in total. The monoisotopic (exact) mass is 341 g/mol. The molecule has 0 saturated carbocycles. The highest BCUT2D eigenvalue weighted by Gasteiger charge is 2.15. The fourth-order valence-corrected chi connectivity index (χ4v) is 2.31. The molecule has 7 heteroatoms. The summed E-state index contributed by atoms with van der Waals surface area (Å²) >= 11 is 0. The van der Waals surface area contributed by atoms with Crippen LogP contribution in [0.4, 0.5) is 5.69 Å². The number of halogens is 1. The zero-order valence-corrected chi connectivity index (χ0v) is 14.3. The van der Waals surface area contributed by atoms with Crippen LogP contribution >= 0.6 is 12.4 Å². The van der Waals surface area contributed by atoms with Gasteiger partial charge in [0.15, 0.2) is 0 Å². The number of rotatable bonds is 6. The number of nitrogens with zero attached hydrogens (tertiary/aromatic N) is 1. The van der Waals surface area contributed by atoms with Gasteiger partial charge in [0, 0.05) is 38.5 Å². The summed E-state index contributed by atoms with van der Waals surface area (Å²) in [5.74, 6) is -0.166. The molecule has 1 aromatic rings. The Morgan fingerprint density at radius 3 is 2.52 bits per heavy atom. The first-order chi connectivity index (χ1) is 10.6. The van der Waals surface area contributed by atoms with E-state index < -0.39 is 0 Å². The minimum atomic E-state index is -0.107. The van der Waals surface area contributed by atoms with E-state index in [1.54, 1.807) is 38.4 Å². The second-order valence-electron chi connectivity index (χ2n) is 5.59. The van der Waals surface area contributed by atoms with Gasteiger partial charge in [-0.25, -0.2) is 0 Å². The van der Waals surface area contributed by atoms with Crippen LogP contribution in [0.3, 0.4) is 0 Å². The molecular weight excluding hydrogens is 318 g/mol. The molecule has 0 aliphatic carbocycles. The molecule has 128 valence electrons. The van der Waals surface area contributed by atoms with Gasteiger partial charge in [-0.3, -0.25) is 9.59 Å². The summed E-state index contributed by atoms with van der Waals surface area (Å²) in [6, 6.07) is 6.87. The lowest BCUT2D eigenvalue weighted by molar-refractivity contribution is -0.115. The van der Waals surface area contributed by atoms with Crippen molar-refractivity contribution in [3.8, 4) is 0 Å². The Kier molecular flexibility index (Phi) is 8.02. The lowest BCUT2D eigenvalue weighted by Gasteiger charge is -2.12. The molecule has 0 bridgehead atoms. The van der Waals surface area contributed by atoms with Crippen molar-refractivity contribution in [2.24, 2.45) is 0 Å². The van der Waals surface area contributed by atoms with Crippen molar-refractivity contribution in [2.45, 2.75) is 18.9 Å². The summed E-state index contributed by atoms with van der Waals surface area (Å²) in [4.78, 5) is 25.1. The Bertz CT molecular complexity index is 514. The van der Waals surface area contributed by atoms with Crippen molar-refractivity contribution in [1.29, 1.82) is 0 Å².